The Morgan fingerprint density at radius 1 is 1.08 bits per heavy atom. The second-order valence-corrected chi connectivity index (χ2v) is 5.98. The molecule has 0 aliphatic carbocycles. The van der Waals surface area contributed by atoms with Crippen LogP contribution in [0, 0.1) is 6.92 Å². The van der Waals surface area contributed by atoms with Crippen LogP contribution in [0.4, 0.5) is 17.3 Å². The number of aromatic nitrogens is 2. The second kappa shape index (κ2) is 7.90. The number of piperazine rings is 1. The van der Waals surface area contributed by atoms with Crippen molar-refractivity contribution in [1.29, 1.82) is 0 Å². The van der Waals surface area contributed by atoms with E-state index >= 15 is 0 Å². The number of hydrogen-bond acceptors (Lipinski definition) is 7. The first-order valence-electron chi connectivity index (χ1n) is 8.42. The molecule has 2 heterocycles. The standard InChI is InChI=1S/C18H23N5O3/c1-13-19-17(21-15-10-14(25-2)4-5-16(15)26-3)11-18(20-13)23-8-6-22(12-24)7-9-23/h4-5,10-12H,6-9H2,1-3H3,(H,19,20,21). The van der Waals surface area contributed by atoms with Crippen molar-refractivity contribution in [2.24, 2.45) is 0 Å². The Morgan fingerprint density at radius 2 is 1.85 bits per heavy atom. The zero-order valence-electron chi connectivity index (χ0n) is 15.2. The third-order valence-electron chi connectivity index (χ3n) is 4.28. The summed E-state index contributed by atoms with van der Waals surface area (Å²) in [7, 11) is 3.24. The quantitative estimate of drug-likeness (QED) is 0.790. The van der Waals surface area contributed by atoms with Gasteiger partial charge in [-0.1, -0.05) is 0 Å². The van der Waals surface area contributed by atoms with E-state index in [1.165, 1.54) is 0 Å². The van der Waals surface area contributed by atoms with Crippen LogP contribution in [-0.2, 0) is 4.79 Å². The highest BCUT2D eigenvalue weighted by Crippen LogP contribution is 2.31. The van der Waals surface area contributed by atoms with Crippen LogP contribution in [-0.4, -0.2) is 61.7 Å². The predicted molar refractivity (Wildman–Crippen MR) is 99.4 cm³/mol. The number of carbonyl (C=O) groups excluding carboxylic acids is 1. The largest absolute Gasteiger partial charge is 0.497 e. The van der Waals surface area contributed by atoms with Crippen molar-refractivity contribution >= 4 is 23.7 Å². The number of aryl methyl sites for hydroxylation is 1. The molecular weight excluding hydrogens is 334 g/mol. The Morgan fingerprint density at radius 3 is 2.50 bits per heavy atom. The number of amides is 1. The zero-order chi connectivity index (χ0) is 18.5. The second-order valence-electron chi connectivity index (χ2n) is 5.98. The van der Waals surface area contributed by atoms with Crippen LogP contribution in [0.1, 0.15) is 5.82 Å². The van der Waals surface area contributed by atoms with Crippen LogP contribution >= 0.6 is 0 Å². The van der Waals surface area contributed by atoms with Crippen LogP contribution in [0.25, 0.3) is 0 Å². The SMILES string of the molecule is COc1ccc(OC)c(Nc2cc(N3CCN(C=O)CC3)nc(C)n2)c1. The van der Waals surface area contributed by atoms with E-state index < -0.39 is 0 Å². The van der Waals surface area contributed by atoms with Crippen molar-refractivity contribution < 1.29 is 14.3 Å². The fourth-order valence-electron chi connectivity index (χ4n) is 2.88. The Bertz CT molecular complexity index is 775. The number of anilines is 3. The van der Waals surface area contributed by atoms with Crippen molar-refractivity contribution in [3.63, 3.8) is 0 Å². The average molecular weight is 357 g/mol. The molecule has 1 aromatic carbocycles. The van der Waals surface area contributed by atoms with Gasteiger partial charge in [0.25, 0.3) is 0 Å². The molecule has 1 aliphatic rings. The number of hydrogen-bond donors (Lipinski definition) is 1. The maximum Gasteiger partial charge on any atom is 0.209 e. The van der Waals surface area contributed by atoms with Crippen molar-refractivity contribution in [3.8, 4) is 11.5 Å². The lowest BCUT2D eigenvalue weighted by Crippen LogP contribution is -2.46. The molecule has 0 saturated carbocycles. The monoisotopic (exact) mass is 357 g/mol. The molecule has 1 saturated heterocycles. The van der Waals surface area contributed by atoms with Gasteiger partial charge in [-0.15, -0.1) is 0 Å². The molecule has 0 radical (unpaired) electrons. The van der Waals surface area contributed by atoms with E-state index in [9.17, 15) is 4.79 Å². The van der Waals surface area contributed by atoms with Gasteiger partial charge >= 0.3 is 0 Å². The summed E-state index contributed by atoms with van der Waals surface area (Å²) in [6.07, 6.45) is 0.893. The minimum Gasteiger partial charge on any atom is -0.497 e. The van der Waals surface area contributed by atoms with Crippen molar-refractivity contribution in [2.45, 2.75) is 6.92 Å². The third kappa shape index (κ3) is 3.96. The van der Waals surface area contributed by atoms with Gasteiger partial charge in [-0.3, -0.25) is 4.79 Å². The molecule has 138 valence electrons. The molecule has 8 nitrogen and oxygen atoms in total. The summed E-state index contributed by atoms with van der Waals surface area (Å²) < 4.78 is 10.7. The van der Waals surface area contributed by atoms with Crippen LogP contribution in [0.2, 0.25) is 0 Å². The zero-order valence-corrected chi connectivity index (χ0v) is 15.2. The molecule has 1 amide bonds. The number of methoxy groups -OCH3 is 2. The van der Waals surface area contributed by atoms with E-state index in [-0.39, 0.29) is 0 Å². The van der Waals surface area contributed by atoms with Gasteiger partial charge in [0.15, 0.2) is 0 Å². The first-order valence-corrected chi connectivity index (χ1v) is 8.42. The number of benzene rings is 1. The van der Waals surface area contributed by atoms with Crippen LogP contribution in [0.3, 0.4) is 0 Å². The van der Waals surface area contributed by atoms with Gasteiger partial charge in [-0.25, -0.2) is 9.97 Å². The van der Waals surface area contributed by atoms with Gasteiger partial charge < -0.3 is 24.6 Å². The lowest BCUT2D eigenvalue weighted by Gasteiger charge is -2.33. The summed E-state index contributed by atoms with van der Waals surface area (Å²) in [6, 6.07) is 7.45. The molecule has 3 rings (SSSR count). The molecule has 0 bridgehead atoms. The summed E-state index contributed by atoms with van der Waals surface area (Å²) in [5.41, 5.74) is 0.765. The summed E-state index contributed by atoms with van der Waals surface area (Å²) in [6.45, 7) is 4.74. The fraction of sp³-hybridized carbons (Fsp3) is 0.389. The highest BCUT2D eigenvalue weighted by Gasteiger charge is 2.18. The molecule has 0 unspecified atom stereocenters. The minimum absolute atomic E-state index is 0.671. The molecule has 1 fully saturated rings. The molecule has 1 aromatic heterocycles. The summed E-state index contributed by atoms with van der Waals surface area (Å²) in [5, 5.41) is 3.29. The normalized spacial score (nSPS) is 14.1. The lowest BCUT2D eigenvalue weighted by molar-refractivity contribution is -0.118. The van der Waals surface area contributed by atoms with Crippen LogP contribution in [0.5, 0.6) is 11.5 Å². The Hall–Kier alpha value is -3.03. The van der Waals surface area contributed by atoms with Crippen LogP contribution < -0.4 is 19.7 Å². The highest BCUT2D eigenvalue weighted by atomic mass is 16.5. The fourth-order valence-corrected chi connectivity index (χ4v) is 2.88. The summed E-state index contributed by atoms with van der Waals surface area (Å²) in [5.74, 6) is 3.61. The molecule has 0 spiro atoms. The Labute approximate surface area is 152 Å². The van der Waals surface area contributed by atoms with Gasteiger partial charge in [0.2, 0.25) is 6.41 Å². The van der Waals surface area contributed by atoms with Gasteiger partial charge in [-0.2, -0.15) is 0 Å². The van der Waals surface area contributed by atoms with Gasteiger partial charge in [-0.05, 0) is 19.1 Å². The van der Waals surface area contributed by atoms with E-state index in [1.54, 1.807) is 19.1 Å². The van der Waals surface area contributed by atoms with E-state index in [2.05, 4.69) is 20.2 Å². The first kappa shape index (κ1) is 17.8. The van der Waals surface area contributed by atoms with Crippen molar-refractivity contribution in [2.75, 3.05) is 50.6 Å². The van der Waals surface area contributed by atoms with Gasteiger partial charge in [0.05, 0.1) is 19.9 Å². The van der Waals surface area contributed by atoms with Gasteiger partial charge in [0.1, 0.15) is 29.0 Å². The maximum atomic E-state index is 10.9. The topological polar surface area (TPSA) is 79.8 Å². The molecule has 2 aromatic rings. The number of carbonyl (C=O) groups is 1. The molecule has 26 heavy (non-hydrogen) atoms. The minimum atomic E-state index is 0.671. The van der Waals surface area contributed by atoms with Crippen molar-refractivity contribution in [3.05, 3.63) is 30.1 Å². The number of nitrogens with zero attached hydrogens (tertiary/aromatic N) is 4. The Kier molecular flexibility index (Phi) is 5.40. The van der Waals surface area contributed by atoms with Gasteiger partial charge in [0, 0.05) is 38.3 Å². The average Bonchev–Trinajstić information content (AvgIpc) is 2.67. The number of rotatable bonds is 6. The maximum absolute atomic E-state index is 10.9. The Balaban J connectivity index is 1.83. The molecule has 1 N–H and O–H groups in total. The first-order chi connectivity index (χ1) is 12.6. The molecular formula is C18H23N5O3. The number of nitrogens with one attached hydrogen (secondary N) is 1. The van der Waals surface area contributed by atoms with E-state index in [4.69, 9.17) is 9.47 Å². The molecule has 1 aliphatic heterocycles. The predicted octanol–water partition coefficient (Wildman–Crippen LogP) is 1.82. The smallest absolute Gasteiger partial charge is 0.209 e. The molecule has 0 atom stereocenters. The van der Waals surface area contributed by atoms with Crippen LogP contribution in [0.15, 0.2) is 24.3 Å². The van der Waals surface area contributed by atoms with Crippen molar-refractivity contribution in [1.82, 2.24) is 14.9 Å². The third-order valence-corrected chi connectivity index (χ3v) is 4.28. The highest BCUT2D eigenvalue weighted by molar-refractivity contribution is 5.67. The van der Waals surface area contributed by atoms with E-state index in [0.29, 0.717) is 30.5 Å². The lowest BCUT2D eigenvalue weighted by atomic mass is 10.2. The van der Waals surface area contributed by atoms with E-state index in [1.807, 2.05) is 31.2 Å². The van der Waals surface area contributed by atoms with E-state index in [0.717, 1.165) is 36.8 Å². The number of ether oxygens (including phenoxy) is 2. The molecule has 8 heteroatoms. The summed E-state index contributed by atoms with van der Waals surface area (Å²) in [4.78, 5) is 23.8. The summed E-state index contributed by atoms with van der Waals surface area (Å²) >= 11 is 0.